The molecule has 0 unspecified atom stereocenters. The Hall–Kier alpha value is -1.66. The van der Waals surface area contributed by atoms with Crippen LogP contribution in [0.5, 0.6) is 0 Å². The van der Waals surface area contributed by atoms with Crippen molar-refractivity contribution in [2.24, 2.45) is 4.99 Å². The minimum atomic E-state index is -0.281. The molecule has 7 heteroatoms. The van der Waals surface area contributed by atoms with Gasteiger partial charge in [-0.05, 0) is 56.2 Å². The molecule has 0 fully saturated rings. The molecule has 0 spiro atoms. The molecule has 4 nitrogen and oxygen atoms in total. The number of ether oxygens (including phenoxy) is 1. The number of aryl methyl sites for hydroxylation is 2. The van der Waals surface area contributed by atoms with Crippen LogP contribution >= 0.6 is 34.5 Å². The van der Waals surface area contributed by atoms with Gasteiger partial charge in [-0.1, -0.05) is 40.6 Å². The van der Waals surface area contributed by atoms with Crippen molar-refractivity contribution in [2.45, 2.75) is 27.3 Å². The van der Waals surface area contributed by atoms with E-state index >= 15 is 0 Å². The van der Waals surface area contributed by atoms with Crippen molar-refractivity contribution in [1.82, 2.24) is 4.57 Å². The maximum Gasteiger partial charge on any atom is 0.279 e. The van der Waals surface area contributed by atoms with Crippen LogP contribution in [0, 0.1) is 13.8 Å². The normalized spacial score (nSPS) is 12.1. The molecule has 3 rings (SSSR count). The molecule has 1 amide bonds. The Kier molecular flexibility index (Phi) is 6.37. The first kappa shape index (κ1) is 20.1. The van der Waals surface area contributed by atoms with Crippen molar-refractivity contribution < 1.29 is 9.53 Å². The van der Waals surface area contributed by atoms with Gasteiger partial charge in [-0.2, -0.15) is 4.99 Å². The summed E-state index contributed by atoms with van der Waals surface area (Å²) in [7, 11) is 0. The van der Waals surface area contributed by atoms with E-state index in [1.807, 2.05) is 43.5 Å². The van der Waals surface area contributed by atoms with Gasteiger partial charge in [0, 0.05) is 23.7 Å². The molecule has 0 aliphatic carbocycles. The average molecular weight is 423 g/mol. The number of nitrogens with zero attached hydrogens (tertiary/aromatic N) is 2. The third kappa shape index (κ3) is 4.43. The van der Waals surface area contributed by atoms with Crippen LogP contribution in [0.4, 0.5) is 0 Å². The van der Waals surface area contributed by atoms with Crippen molar-refractivity contribution >= 4 is 50.7 Å². The van der Waals surface area contributed by atoms with Crippen LogP contribution in [-0.4, -0.2) is 23.7 Å². The number of hydrogen-bond donors (Lipinski definition) is 0. The number of rotatable bonds is 5. The van der Waals surface area contributed by atoms with Gasteiger partial charge in [-0.3, -0.25) is 4.79 Å². The number of hydrogen-bond acceptors (Lipinski definition) is 3. The largest absolute Gasteiger partial charge is 0.380 e. The minimum absolute atomic E-state index is 0.281. The molecule has 0 aliphatic rings. The highest BCUT2D eigenvalue weighted by Crippen LogP contribution is 2.29. The first-order valence-corrected chi connectivity index (χ1v) is 10.2. The predicted octanol–water partition coefficient (Wildman–Crippen LogP) is 5.40. The van der Waals surface area contributed by atoms with E-state index < -0.39 is 0 Å². The van der Waals surface area contributed by atoms with Crippen LogP contribution in [0.3, 0.4) is 0 Å². The van der Waals surface area contributed by atoms with E-state index in [0.29, 0.717) is 40.2 Å². The number of amides is 1. The first-order chi connectivity index (χ1) is 12.9. The van der Waals surface area contributed by atoms with Crippen LogP contribution < -0.4 is 4.80 Å². The summed E-state index contributed by atoms with van der Waals surface area (Å²) in [6.45, 7) is 7.62. The van der Waals surface area contributed by atoms with E-state index in [9.17, 15) is 4.79 Å². The van der Waals surface area contributed by atoms with Gasteiger partial charge >= 0.3 is 0 Å². The maximum absolute atomic E-state index is 12.7. The summed E-state index contributed by atoms with van der Waals surface area (Å²) in [6.07, 6.45) is 0. The molecule has 0 radical (unpaired) electrons. The molecular weight excluding hydrogens is 403 g/mol. The van der Waals surface area contributed by atoms with E-state index in [1.54, 1.807) is 12.1 Å². The Bertz CT molecular complexity index is 1070. The Morgan fingerprint density at radius 1 is 1.19 bits per heavy atom. The van der Waals surface area contributed by atoms with Gasteiger partial charge in [0.1, 0.15) is 0 Å². The van der Waals surface area contributed by atoms with E-state index in [-0.39, 0.29) is 5.91 Å². The Morgan fingerprint density at radius 2 is 1.96 bits per heavy atom. The molecule has 0 N–H and O–H groups in total. The second-order valence-corrected chi connectivity index (χ2v) is 8.04. The van der Waals surface area contributed by atoms with E-state index in [4.69, 9.17) is 27.9 Å². The molecule has 3 aromatic rings. The van der Waals surface area contributed by atoms with Gasteiger partial charge in [0.25, 0.3) is 5.91 Å². The minimum Gasteiger partial charge on any atom is -0.380 e. The third-order valence-electron chi connectivity index (χ3n) is 4.31. The van der Waals surface area contributed by atoms with Crippen molar-refractivity contribution in [1.29, 1.82) is 0 Å². The SMILES string of the molecule is CCOCCn1c(=NC(=O)c2ccc(C)c(C)c2)sc2cc(Cl)cc(Cl)c21. The number of carbonyl (C=O) groups excluding carboxylic acids is 1. The molecule has 2 aromatic carbocycles. The fraction of sp³-hybridized carbons (Fsp3) is 0.300. The van der Waals surface area contributed by atoms with E-state index in [0.717, 1.165) is 21.3 Å². The van der Waals surface area contributed by atoms with Gasteiger partial charge in [-0.15, -0.1) is 0 Å². The predicted molar refractivity (Wildman–Crippen MR) is 112 cm³/mol. The molecule has 0 saturated heterocycles. The Morgan fingerprint density at radius 3 is 2.67 bits per heavy atom. The Labute approximate surface area is 172 Å². The fourth-order valence-corrected chi connectivity index (χ4v) is 4.58. The number of benzene rings is 2. The molecule has 0 atom stereocenters. The van der Waals surface area contributed by atoms with Crippen LogP contribution in [0.1, 0.15) is 28.4 Å². The number of halogens is 2. The summed E-state index contributed by atoms with van der Waals surface area (Å²) in [5.74, 6) is -0.281. The van der Waals surface area contributed by atoms with Crippen LogP contribution in [-0.2, 0) is 11.3 Å². The van der Waals surface area contributed by atoms with Gasteiger partial charge < -0.3 is 9.30 Å². The van der Waals surface area contributed by atoms with Crippen LogP contribution in [0.25, 0.3) is 10.2 Å². The fourth-order valence-electron chi connectivity index (χ4n) is 2.75. The summed E-state index contributed by atoms with van der Waals surface area (Å²) in [4.78, 5) is 17.7. The lowest BCUT2D eigenvalue weighted by Crippen LogP contribution is -2.20. The number of carbonyl (C=O) groups is 1. The lowest BCUT2D eigenvalue weighted by atomic mass is 10.1. The highest BCUT2D eigenvalue weighted by atomic mass is 35.5. The van der Waals surface area contributed by atoms with Gasteiger partial charge in [0.2, 0.25) is 0 Å². The summed E-state index contributed by atoms with van der Waals surface area (Å²) >= 11 is 13.9. The van der Waals surface area contributed by atoms with Gasteiger partial charge in [-0.25, -0.2) is 0 Å². The second kappa shape index (κ2) is 8.57. The molecule has 1 aromatic heterocycles. The zero-order chi connectivity index (χ0) is 19.6. The monoisotopic (exact) mass is 422 g/mol. The lowest BCUT2D eigenvalue weighted by molar-refractivity contribution is 0.0996. The number of aromatic nitrogens is 1. The number of fused-ring (bicyclic) bond motifs is 1. The summed E-state index contributed by atoms with van der Waals surface area (Å²) in [5.41, 5.74) is 3.58. The standard InChI is InChI=1S/C20H20Cl2N2O2S/c1-4-26-8-7-24-18-16(22)10-15(21)11-17(18)27-20(24)23-19(25)14-6-5-12(2)13(3)9-14/h5-6,9-11H,4,7-8H2,1-3H3. The molecule has 1 heterocycles. The molecule has 142 valence electrons. The summed E-state index contributed by atoms with van der Waals surface area (Å²) in [6, 6.07) is 9.13. The molecule has 0 saturated carbocycles. The van der Waals surface area contributed by atoms with Gasteiger partial charge in [0.15, 0.2) is 4.80 Å². The number of thiazole rings is 1. The third-order valence-corrected chi connectivity index (χ3v) is 5.84. The molecular formula is C20H20Cl2N2O2S. The lowest BCUT2D eigenvalue weighted by Gasteiger charge is -2.07. The smallest absolute Gasteiger partial charge is 0.279 e. The van der Waals surface area contributed by atoms with Gasteiger partial charge in [0.05, 0.1) is 21.8 Å². The highest BCUT2D eigenvalue weighted by molar-refractivity contribution is 7.16. The van der Waals surface area contributed by atoms with E-state index in [2.05, 4.69) is 4.99 Å². The molecule has 0 aliphatic heterocycles. The van der Waals surface area contributed by atoms with Crippen molar-refractivity contribution in [3.8, 4) is 0 Å². The molecule has 27 heavy (non-hydrogen) atoms. The molecule has 0 bridgehead atoms. The highest BCUT2D eigenvalue weighted by Gasteiger charge is 2.13. The quantitative estimate of drug-likeness (QED) is 0.516. The summed E-state index contributed by atoms with van der Waals surface area (Å²) < 4.78 is 8.29. The van der Waals surface area contributed by atoms with Crippen molar-refractivity contribution in [3.05, 3.63) is 61.9 Å². The van der Waals surface area contributed by atoms with E-state index in [1.165, 1.54) is 11.3 Å². The topological polar surface area (TPSA) is 43.6 Å². The second-order valence-electron chi connectivity index (χ2n) is 6.18. The summed E-state index contributed by atoms with van der Waals surface area (Å²) in [5, 5.41) is 1.09. The maximum atomic E-state index is 12.7. The van der Waals surface area contributed by atoms with Crippen molar-refractivity contribution in [2.75, 3.05) is 13.2 Å². The van der Waals surface area contributed by atoms with Crippen LogP contribution in [0.15, 0.2) is 35.3 Å². The average Bonchev–Trinajstić information content (AvgIpc) is 2.94. The zero-order valence-corrected chi connectivity index (χ0v) is 17.7. The zero-order valence-electron chi connectivity index (χ0n) is 15.4. The first-order valence-electron chi connectivity index (χ1n) is 8.63. The van der Waals surface area contributed by atoms with Crippen LogP contribution in [0.2, 0.25) is 10.0 Å². The van der Waals surface area contributed by atoms with Crippen molar-refractivity contribution in [3.63, 3.8) is 0 Å². The Balaban J connectivity index is 2.12.